The summed E-state index contributed by atoms with van der Waals surface area (Å²) in [5.41, 5.74) is -0.164. The number of β-amino-alcohol motifs (C(OH)–C–C–N with tert-alkyl or cyclic N) is 1. The molecule has 0 amide bonds. The summed E-state index contributed by atoms with van der Waals surface area (Å²) >= 11 is 0. The van der Waals surface area contributed by atoms with E-state index in [2.05, 4.69) is 9.88 Å². The molecule has 1 unspecified atom stereocenters. The number of aryl methyl sites for hydroxylation is 1. The van der Waals surface area contributed by atoms with Gasteiger partial charge in [-0.05, 0) is 48.9 Å². The molecule has 0 saturated carbocycles. The van der Waals surface area contributed by atoms with Crippen molar-refractivity contribution < 1.29 is 28.4 Å². The summed E-state index contributed by atoms with van der Waals surface area (Å²) in [7, 11) is 1.62. The van der Waals surface area contributed by atoms with Gasteiger partial charge in [-0.3, -0.25) is 4.90 Å². The minimum atomic E-state index is -1.20. The molecule has 9 heteroatoms. The van der Waals surface area contributed by atoms with Gasteiger partial charge in [0.05, 0.1) is 26.9 Å². The molecule has 1 aliphatic heterocycles. The van der Waals surface area contributed by atoms with Crippen molar-refractivity contribution in [2.75, 3.05) is 46.6 Å². The van der Waals surface area contributed by atoms with Crippen LogP contribution in [0.15, 0.2) is 54.9 Å². The van der Waals surface area contributed by atoms with Crippen molar-refractivity contribution in [3.8, 4) is 17.2 Å². The van der Waals surface area contributed by atoms with Crippen LogP contribution in [0.25, 0.3) is 0 Å². The number of benzene rings is 2. The van der Waals surface area contributed by atoms with E-state index in [1.165, 1.54) is 12.1 Å². The molecular formula is C26H32FN3O5. The number of aromatic nitrogens is 2. The van der Waals surface area contributed by atoms with Gasteiger partial charge in [-0.2, -0.15) is 0 Å². The zero-order valence-electron chi connectivity index (χ0n) is 20.2. The molecule has 8 nitrogen and oxygen atoms in total. The largest absolute Gasteiger partial charge is 0.493 e. The quantitative estimate of drug-likeness (QED) is 0.473. The minimum absolute atomic E-state index is 0.0414. The average Bonchev–Trinajstić information content (AvgIpc) is 3.16. The van der Waals surface area contributed by atoms with Gasteiger partial charge < -0.3 is 28.6 Å². The van der Waals surface area contributed by atoms with Gasteiger partial charge in [0.15, 0.2) is 11.5 Å². The molecule has 3 aromatic rings. The van der Waals surface area contributed by atoms with E-state index >= 15 is 0 Å². The summed E-state index contributed by atoms with van der Waals surface area (Å²) < 4.78 is 38.1. The monoisotopic (exact) mass is 485 g/mol. The van der Waals surface area contributed by atoms with Crippen molar-refractivity contribution in [3.05, 3.63) is 72.1 Å². The number of hydrogen-bond donors (Lipinski definition) is 1. The lowest BCUT2D eigenvalue weighted by atomic mass is 10.1. The van der Waals surface area contributed by atoms with Crippen molar-refractivity contribution >= 4 is 0 Å². The van der Waals surface area contributed by atoms with E-state index in [1.54, 1.807) is 25.4 Å². The van der Waals surface area contributed by atoms with E-state index in [-0.39, 0.29) is 19.0 Å². The second-order valence-electron chi connectivity index (χ2n) is 8.73. The lowest BCUT2D eigenvalue weighted by Crippen LogP contribution is -2.48. The summed E-state index contributed by atoms with van der Waals surface area (Å²) in [6.07, 6.45) is 3.70. The predicted octanol–water partition coefficient (Wildman–Crippen LogP) is 3.06. The molecular weight excluding hydrogens is 453 g/mol. The molecule has 1 fully saturated rings. The van der Waals surface area contributed by atoms with Crippen LogP contribution in [0.4, 0.5) is 4.39 Å². The maximum absolute atomic E-state index is 13.1. The second-order valence-corrected chi connectivity index (χ2v) is 8.73. The van der Waals surface area contributed by atoms with Crippen LogP contribution in [-0.4, -0.2) is 71.8 Å². The highest BCUT2D eigenvalue weighted by atomic mass is 19.1. The van der Waals surface area contributed by atoms with E-state index in [4.69, 9.17) is 18.9 Å². The van der Waals surface area contributed by atoms with Crippen LogP contribution in [0, 0.1) is 12.7 Å². The zero-order valence-corrected chi connectivity index (χ0v) is 20.2. The number of aliphatic hydroxyl groups is 1. The van der Waals surface area contributed by atoms with Gasteiger partial charge in [-0.25, -0.2) is 9.37 Å². The SMILES string of the molecule is COc1ccc(CN2CCOCC(O)(COc3ccc(F)cc3)C2)cc1OCCn1ccnc1C. The first-order valence-electron chi connectivity index (χ1n) is 11.6. The smallest absolute Gasteiger partial charge is 0.161 e. The summed E-state index contributed by atoms with van der Waals surface area (Å²) in [5.74, 6) is 2.44. The summed E-state index contributed by atoms with van der Waals surface area (Å²) in [6, 6.07) is 11.6. The van der Waals surface area contributed by atoms with Gasteiger partial charge in [-0.15, -0.1) is 0 Å². The number of halogens is 1. The van der Waals surface area contributed by atoms with Gasteiger partial charge in [0.1, 0.15) is 36.2 Å². The molecule has 35 heavy (non-hydrogen) atoms. The molecule has 1 N–H and O–H groups in total. The molecule has 1 atom stereocenters. The highest BCUT2D eigenvalue weighted by Crippen LogP contribution is 2.29. The number of nitrogens with zero attached hydrogens (tertiary/aromatic N) is 3. The lowest BCUT2D eigenvalue weighted by molar-refractivity contribution is -0.0646. The predicted molar refractivity (Wildman–Crippen MR) is 128 cm³/mol. The number of ether oxygens (including phenoxy) is 4. The van der Waals surface area contributed by atoms with Gasteiger partial charge >= 0.3 is 0 Å². The van der Waals surface area contributed by atoms with Gasteiger partial charge in [-0.1, -0.05) is 6.07 Å². The third-order valence-electron chi connectivity index (χ3n) is 5.91. The van der Waals surface area contributed by atoms with E-state index in [9.17, 15) is 9.50 Å². The van der Waals surface area contributed by atoms with Gasteiger partial charge in [0.25, 0.3) is 0 Å². The fraction of sp³-hybridized carbons (Fsp3) is 0.423. The van der Waals surface area contributed by atoms with Crippen molar-refractivity contribution in [1.82, 2.24) is 14.5 Å². The molecule has 0 aliphatic carbocycles. The Balaban J connectivity index is 1.37. The Morgan fingerprint density at radius 2 is 1.97 bits per heavy atom. The van der Waals surface area contributed by atoms with Crippen LogP contribution in [0.1, 0.15) is 11.4 Å². The standard InChI is InChI=1S/C26H32FN3O5/c1-20-28-9-10-30(20)12-14-34-25-15-21(3-8-24(25)32-2)16-29-11-13-33-18-26(31,17-29)19-35-23-6-4-22(27)5-7-23/h3-10,15,31H,11-14,16-19H2,1-2H3. The van der Waals surface area contributed by atoms with E-state index < -0.39 is 5.60 Å². The molecule has 0 bridgehead atoms. The minimum Gasteiger partial charge on any atom is -0.493 e. The van der Waals surface area contributed by atoms with Crippen LogP contribution < -0.4 is 14.2 Å². The number of imidazole rings is 1. The fourth-order valence-corrected chi connectivity index (χ4v) is 4.05. The second kappa shape index (κ2) is 11.5. The average molecular weight is 486 g/mol. The number of methoxy groups -OCH3 is 1. The Bertz CT molecular complexity index is 1090. The van der Waals surface area contributed by atoms with Crippen LogP contribution in [0.5, 0.6) is 17.2 Å². The Morgan fingerprint density at radius 1 is 1.14 bits per heavy atom. The molecule has 2 heterocycles. The lowest BCUT2D eigenvalue weighted by Gasteiger charge is -2.30. The fourth-order valence-electron chi connectivity index (χ4n) is 4.05. The molecule has 0 radical (unpaired) electrons. The van der Waals surface area contributed by atoms with Crippen LogP contribution in [-0.2, 0) is 17.8 Å². The third kappa shape index (κ3) is 6.94. The van der Waals surface area contributed by atoms with Gasteiger partial charge in [0.2, 0.25) is 0 Å². The highest BCUT2D eigenvalue weighted by Gasteiger charge is 2.33. The third-order valence-corrected chi connectivity index (χ3v) is 5.91. The van der Waals surface area contributed by atoms with E-state index in [0.717, 1.165) is 11.4 Å². The highest BCUT2D eigenvalue weighted by molar-refractivity contribution is 5.43. The first kappa shape index (κ1) is 25.0. The zero-order chi connectivity index (χ0) is 24.7. The summed E-state index contributed by atoms with van der Waals surface area (Å²) in [5, 5.41) is 11.2. The molecule has 1 aliphatic rings. The van der Waals surface area contributed by atoms with E-state index in [1.807, 2.05) is 35.9 Å². The van der Waals surface area contributed by atoms with Crippen molar-refractivity contribution in [1.29, 1.82) is 0 Å². The normalized spacial score (nSPS) is 18.7. The van der Waals surface area contributed by atoms with E-state index in [0.29, 0.717) is 56.6 Å². The molecule has 4 rings (SSSR count). The molecule has 2 aromatic carbocycles. The molecule has 188 valence electrons. The summed E-state index contributed by atoms with van der Waals surface area (Å²) in [4.78, 5) is 6.36. The van der Waals surface area contributed by atoms with Gasteiger partial charge in [0, 0.05) is 32.0 Å². The van der Waals surface area contributed by atoms with Crippen molar-refractivity contribution in [2.45, 2.75) is 25.6 Å². The number of hydrogen-bond acceptors (Lipinski definition) is 7. The molecule has 0 spiro atoms. The maximum Gasteiger partial charge on any atom is 0.161 e. The Hall–Kier alpha value is -3.14. The van der Waals surface area contributed by atoms with Crippen molar-refractivity contribution in [3.63, 3.8) is 0 Å². The summed E-state index contributed by atoms with van der Waals surface area (Å²) in [6.45, 7) is 5.47. The first-order valence-corrected chi connectivity index (χ1v) is 11.6. The van der Waals surface area contributed by atoms with Crippen LogP contribution in [0.3, 0.4) is 0 Å². The van der Waals surface area contributed by atoms with Crippen LogP contribution in [0.2, 0.25) is 0 Å². The molecule has 1 saturated heterocycles. The van der Waals surface area contributed by atoms with Crippen molar-refractivity contribution in [2.24, 2.45) is 0 Å². The molecule has 1 aromatic heterocycles. The Labute approximate surface area is 204 Å². The Morgan fingerprint density at radius 3 is 2.71 bits per heavy atom. The Kier molecular flexibility index (Phi) is 8.22. The number of rotatable bonds is 10. The topological polar surface area (TPSA) is 78.2 Å². The first-order chi connectivity index (χ1) is 16.9. The van der Waals surface area contributed by atoms with Crippen LogP contribution >= 0.6 is 0 Å². The maximum atomic E-state index is 13.1.